The third-order valence-corrected chi connectivity index (χ3v) is 3.83. The van der Waals surface area contributed by atoms with Crippen LogP contribution in [0.3, 0.4) is 0 Å². The van der Waals surface area contributed by atoms with Gasteiger partial charge in [0.05, 0.1) is 17.8 Å². The molecule has 3 aromatic rings. The third-order valence-electron chi connectivity index (χ3n) is 3.83. The molecular weight excluding hydrogens is 343 g/mol. The van der Waals surface area contributed by atoms with Gasteiger partial charge in [-0.3, -0.25) is 0 Å². The highest BCUT2D eigenvalue weighted by Gasteiger charge is 2.03. The van der Waals surface area contributed by atoms with E-state index in [-0.39, 0.29) is 19.0 Å². The topological polar surface area (TPSA) is 54.6 Å². The molecule has 0 aromatic heterocycles. The normalized spacial score (nSPS) is 10.5. The van der Waals surface area contributed by atoms with Gasteiger partial charge < -0.3 is 9.57 Å². The van der Waals surface area contributed by atoms with Crippen molar-refractivity contribution in [3.05, 3.63) is 101 Å². The van der Waals surface area contributed by atoms with Crippen molar-refractivity contribution in [1.29, 1.82) is 5.26 Å². The smallest absolute Gasteiger partial charge is 0.143 e. The molecule has 0 heterocycles. The second-order valence-corrected chi connectivity index (χ2v) is 5.73. The van der Waals surface area contributed by atoms with E-state index in [9.17, 15) is 4.39 Å². The van der Waals surface area contributed by atoms with Crippen LogP contribution in [-0.4, -0.2) is 6.21 Å². The predicted octanol–water partition coefficient (Wildman–Crippen LogP) is 4.83. The molecule has 3 rings (SSSR count). The molecule has 0 N–H and O–H groups in total. The maximum Gasteiger partial charge on any atom is 0.143 e. The van der Waals surface area contributed by atoms with Crippen LogP contribution in [0.15, 0.2) is 78.0 Å². The van der Waals surface area contributed by atoms with Gasteiger partial charge in [0.25, 0.3) is 0 Å². The van der Waals surface area contributed by atoms with E-state index in [0.717, 1.165) is 16.7 Å². The van der Waals surface area contributed by atoms with Crippen LogP contribution in [0.2, 0.25) is 0 Å². The summed E-state index contributed by atoms with van der Waals surface area (Å²) in [6, 6.07) is 23.0. The van der Waals surface area contributed by atoms with Gasteiger partial charge in [0.2, 0.25) is 0 Å². The molecule has 0 aliphatic carbocycles. The zero-order valence-electron chi connectivity index (χ0n) is 14.5. The molecule has 0 saturated carbocycles. The Morgan fingerprint density at radius 2 is 1.78 bits per heavy atom. The van der Waals surface area contributed by atoms with E-state index in [1.807, 2.05) is 36.4 Å². The standard InChI is InChI=1S/C22H17FN2O2/c23-21-10-5-6-17(12-21)15-26-22-11-4-3-8-19(22)14-25-27-16-20-9-2-1-7-18(20)13-24/h1-12,14H,15-16H2/b25-14-. The first-order valence-electron chi connectivity index (χ1n) is 8.36. The van der Waals surface area contributed by atoms with Crippen molar-refractivity contribution < 1.29 is 14.0 Å². The van der Waals surface area contributed by atoms with E-state index in [2.05, 4.69) is 11.2 Å². The van der Waals surface area contributed by atoms with E-state index in [0.29, 0.717) is 11.3 Å². The first-order valence-corrected chi connectivity index (χ1v) is 8.36. The zero-order chi connectivity index (χ0) is 18.9. The summed E-state index contributed by atoms with van der Waals surface area (Å²) in [5, 5.41) is 13.0. The Balaban J connectivity index is 1.62. The third kappa shape index (κ3) is 5.16. The number of para-hydroxylation sites is 1. The Kier molecular flexibility index (Phi) is 6.16. The highest BCUT2D eigenvalue weighted by molar-refractivity contribution is 5.83. The van der Waals surface area contributed by atoms with Crippen LogP contribution in [0.4, 0.5) is 4.39 Å². The highest BCUT2D eigenvalue weighted by Crippen LogP contribution is 2.18. The summed E-state index contributed by atoms with van der Waals surface area (Å²) in [7, 11) is 0. The lowest BCUT2D eigenvalue weighted by atomic mass is 10.1. The fourth-order valence-corrected chi connectivity index (χ4v) is 2.46. The van der Waals surface area contributed by atoms with Gasteiger partial charge >= 0.3 is 0 Å². The molecule has 5 heteroatoms. The predicted molar refractivity (Wildman–Crippen MR) is 101 cm³/mol. The van der Waals surface area contributed by atoms with E-state index in [4.69, 9.17) is 14.8 Å². The second-order valence-electron chi connectivity index (χ2n) is 5.73. The first kappa shape index (κ1) is 18.2. The van der Waals surface area contributed by atoms with Crippen molar-refractivity contribution in [2.75, 3.05) is 0 Å². The van der Waals surface area contributed by atoms with E-state index in [1.165, 1.54) is 12.1 Å². The van der Waals surface area contributed by atoms with E-state index >= 15 is 0 Å². The molecule has 0 saturated heterocycles. The van der Waals surface area contributed by atoms with Crippen molar-refractivity contribution in [2.45, 2.75) is 13.2 Å². The summed E-state index contributed by atoms with van der Waals surface area (Å²) >= 11 is 0. The monoisotopic (exact) mass is 360 g/mol. The van der Waals surface area contributed by atoms with Crippen LogP contribution in [-0.2, 0) is 18.1 Å². The molecule has 0 fully saturated rings. The number of nitriles is 1. The minimum Gasteiger partial charge on any atom is -0.488 e. The van der Waals surface area contributed by atoms with Crippen molar-refractivity contribution in [1.82, 2.24) is 0 Å². The lowest BCUT2D eigenvalue weighted by Gasteiger charge is -2.09. The Morgan fingerprint density at radius 1 is 0.963 bits per heavy atom. The van der Waals surface area contributed by atoms with Gasteiger partial charge in [-0.15, -0.1) is 0 Å². The molecule has 0 aliphatic heterocycles. The second kappa shape index (κ2) is 9.16. The minimum atomic E-state index is -0.294. The molecule has 0 amide bonds. The molecule has 3 aromatic carbocycles. The molecule has 0 bridgehead atoms. The van der Waals surface area contributed by atoms with Gasteiger partial charge in [-0.05, 0) is 35.9 Å². The summed E-state index contributed by atoms with van der Waals surface area (Å²) in [6.07, 6.45) is 1.55. The number of halogens is 1. The Hall–Kier alpha value is -3.65. The average Bonchev–Trinajstić information content (AvgIpc) is 2.70. The summed E-state index contributed by atoms with van der Waals surface area (Å²) in [6.45, 7) is 0.450. The van der Waals surface area contributed by atoms with Gasteiger partial charge in [0.15, 0.2) is 0 Å². The number of hydrogen-bond donors (Lipinski definition) is 0. The molecule has 0 spiro atoms. The van der Waals surface area contributed by atoms with Crippen LogP contribution in [0.25, 0.3) is 0 Å². The molecule has 4 nitrogen and oxygen atoms in total. The van der Waals surface area contributed by atoms with E-state index < -0.39 is 0 Å². The van der Waals surface area contributed by atoms with Crippen LogP contribution in [0.1, 0.15) is 22.3 Å². The van der Waals surface area contributed by atoms with Crippen LogP contribution in [0.5, 0.6) is 5.75 Å². The van der Waals surface area contributed by atoms with Crippen LogP contribution < -0.4 is 4.74 Å². The number of benzene rings is 3. The number of nitrogens with zero attached hydrogens (tertiary/aromatic N) is 2. The fourth-order valence-electron chi connectivity index (χ4n) is 2.46. The van der Waals surface area contributed by atoms with Gasteiger partial charge in [-0.2, -0.15) is 5.26 Å². The molecular formula is C22H17FN2O2. The Bertz CT molecular complexity index is 980. The molecule has 0 aliphatic rings. The lowest BCUT2D eigenvalue weighted by Crippen LogP contribution is -1.99. The summed E-state index contributed by atoms with van der Waals surface area (Å²) in [5.41, 5.74) is 2.81. The van der Waals surface area contributed by atoms with Gasteiger partial charge in [-0.1, -0.05) is 47.6 Å². The summed E-state index contributed by atoms with van der Waals surface area (Å²) in [5.74, 6) is 0.323. The van der Waals surface area contributed by atoms with Crippen LogP contribution >= 0.6 is 0 Å². The van der Waals surface area contributed by atoms with Crippen molar-refractivity contribution in [3.63, 3.8) is 0 Å². The quantitative estimate of drug-likeness (QED) is 0.448. The average molecular weight is 360 g/mol. The Labute approximate surface area is 157 Å². The first-order chi connectivity index (χ1) is 13.3. The maximum atomic E-state index is 13.3. The van der Waals surface area contributed by atoms with Gasteiger partial charge in [-0.25, -0.2) is 4.39 Å². The summed E-state index contributed by atoms with van der Waals surface area (Å²) < 4.78 is 19.0. The van der Waals surface area contributed by atoms with E-state index in [1.54, 1.807) is 30.5 Å². The zero-order valence-corrected chi connectivity index (χ0v) is 14.5. The summed E-state index contributed by atoms with van der Waals surface area (Å²) in [4.78, 5) is 5.31. The fraction of sp³-hybridized carbons (Fsp3) is 0.0909. The van der Waals surface area contributed by atoms with Gasteiger partial charge in [0, 0.05) is 11.1 Å². The number of hydrogen-bond acceptors (Lipinski definition) is 4. The largest absolute Gasteiger partial charge is 0.488 e. The van der Waals surface area contributed by atoms with Gasteiger partial charge in [0.1, 0.15) is 24.8 Å². The number of oxime groups is 1. The SMILES string of the molecule is N#Cc1ccccc1CO/N=C\c1ccccc1OCc1cccc(F)c1. The number of rotatable bonds is 7. The molecule has 0 unspecified atom stereocenters. The van der Waals surface area contributed by atoms with Crippen molar-refractivity contribution >= 4 is 6.21 Å². The number of ether oxygens (including phenoxy) is 1. The van der Waals surface area contributed by atoms with Crippen molar-refractivity contribution in [2.24, 2.45) is 5.16 Å². The molecule has 134 valence electrons. The van der Waals surface area contributed by atoms with Crippen molar-refractivity contribution in [3.8, 4) is 11.8 Å². The molecule has 0 radical (unpaired) electrons. The highest BCUT2D eigenvalue weighted by atomic mass is 19.1. The van der Waals surface area contributed by atoms with Crippen LogP contribution in [0, 0.1) is 17.1 Å². The molecule has 0 atom stereocenters. The minimum absolute atomic E-state index is 0.201. The molecule has 27 heavy (non-hydrogen) atoms. The maximum absolute atomic E-state index is 13.3. The Morgan fingerprint density at radius 3 is 2.63 bits per heavy atom. The lowest BCUT2D eigenvalue weighted by molar-refractivity contribution is 0.132.